The molecule has 5 aromatic rings. The lowest BCUT2D eigenvalue weighted by atomic mass is 9.95. The second-order valence-corrected chi connectivity index (χ2v) is 12.4. The number of nitrogens with zero attached hydrogens (tertiary/aromatic N) is 5. The molecule has 14 heteroatoms. The molecule has 4 heterocycles. The number of ether oxygens (including phenoxy) is 1. The first-order valence-electron chi connectivity index (χ1n) is 16.5. The number of carbonyl (C=O) groups is 1. The van der Waals surface area contributed by atoms with Crippen molar-refractivity contribution in [2.75, 3.05) is 11.4 Å². The molecule has 266 valence electrons. The van der Waals surface area contributed by atoms with E-state index >= 15 is 4.39 Å². The number of aryl methyl sites for hydroxylation is 2. The van der Waals surface area contributed by atoms with E-state index in [0.717, 1.165) is 40.5 Å². The van der Waals surface area contributed by atoms with Crippen LogP contribution < -0.4 is 10.6 Å². The van der Waals surface area contributed by atoms with E-state index in [4.69, 9.17) is 15.6 Å². The molecular weight excluding hydrogens is 674 g/mol. The molecule has 0 amide bonds. The van der Waals surface area contributed by atoms with Crippen LogP contribution in [0.5, 0.6) is 0 Å². The Kier molecular flexibility index (Phi) is 10.9. The third kappa shape index (κ3) is 6.80. The van der Waals surface area contributed by atoms with Crippen molar-refractivity contribution in [3.05, 3.63) is 88.3 Å². The highest BCUT2D eigenvalue weighted by atomic mass is 35.5. The van der Waals surface area contributed by atoms with E-state index in [1.54, 1.807) is 17.2 Å². The van der Waals surface area contributed by atoms with E-state index < -0.39 is 29.6 Å². The average Bonchev–Trinajstić information content (AvgIpc) is 3.74. The van der Waals surface area contributed by atoms with Gasteiger partial charge in [0.25, 0.3) is 0 Å². The Hall–Kier alpha value is -4.49. The fourth-order valence-corrected chi connectivity index (χ4v) is 6.44. The van der Waals surface area contributed by atoms with Gasteiger partial charge in [-0.3, -0.25) is 4.79 Å². The molecule has 3 aromatic heterocycles. The highest BCUT2D eigenvalue weighted by Crippen LogP contribution is 2.41. The van der Waals surface area contributed by atoms with Crippen molar-refractivity contribution in [2.24, 2.45) is 11.7 Å². The molecule has 2 unspecified atom stereocenters. The Morgan fingerprint density at radius 3 is 2.38 bits per heavy atom. The summed E-state index contributed by atoms with van der Waals surface area (Å²) in [6.45, 7) is 8.36. The smallest absolute Gasteiger partial charge is 0.419 e. The monoisotopic (exact) mass is 713 g/mol. The first kappa shape index (κ1) is 36.8. The summed E-state index contributed by atoms with van der Waals surface area (Å²) in [5, 5.41) is 5.65. The van der Waals surface area contributed by atoms with E-state index in [-0.39, 0.29) is 37.4 Å². The van der Waals surface area contributed by atoms with Gasteiger partial charge in [0.2, 0.25) is 5.95 Å². The molecule has 1 aliphatic heterocycles. The molecule has 0 fully saturated rings. The second-order valence-electron chi connectivity index (χ2n) is 12.4. The zero-order valence-corrected chi connectivity index (χ0v) is 29.1. The standard InChI is InChI=1S/C36H39F4N7O2.ClH/c1-5-20(4)30(41)34(48)49-19-23-15-27(37)29(25-11-13-42-31(23)25)33-26-18-46(35-43-16-24(17-44-35)36(38,39)40)14-12-28(26)45-47(33)32-21(6-2)9-8-10-22(32)7-3;/h8-11,13,15-17,20,30,42H,5-7,12,14,18-19,41H2,1-4H3;1H. The summed E-state index contributed by atoms with van der Waals surface area (Å²) in [5.74, 6) is -1.03. The molecule has 3 N–H and O–H groups in total. The van der Waals surface area contributed by atoms with Gasteiger partial charge < -0.3 is 20.4 Å². The Morgan fingerprint density at radius 2 is 1.76 bits per heavy atom. The van der Waals surface area contributed by atoms with Crippen molar-refractivity contribution < 1.29 is 27.1 Å². The van der Waals surface area contributed by atoms with Crippen LogP contribution in [0, 0.1) is 11.7 Å². The van der Waals surface area contributed by atoms with Gasteiger partial charge in [-0.05, 0) is 42.0 Å². The number of H-pyrrole nitrogens is 1. The second kappa shape index (κ2) is 14.8. The maximum atomic E-state index is 16.7. The van der Waals surface area contributed by atoms with Crippen molar-refractivity contribution in [3.8, 4) is 16.9 Å². The van der Waals surface area contributed by atoms with E-state index in [2.05, 4.69) is 28.8 Å². The lowest BCUT2D eigenvalue weighted by Crippen LogP contribution is -2.37. The number of hydrogen-bond acceptors (Lipinski definition) is 7. The van der Waals surface area contributed by atoms with Gasteiger partial charge in [-0.2, -0.15) is 18.3 Å². The van der Waals surface area contributed by atoms with Crippen molar-refractivity contribution in [2.45, 2.75) is 78.7 Å². The predicted octanol–water partition coefficient (Wildman–Crippen LogP) is 7.49. The van der Waals surface area contributed by atoms with Gasteiger partial charge in [0.05, 0.1) is 28.2 Å². The molecule has 9 nitrogen and oxygen atoms in total. The van der Waals surface area contributed by atoms with Gasteiger partial charge >= 0.3 is 12.1 Å². The topological polar surface area (TPSA) is 115 Å². The van der Waals surface area contributed by atoms with E-state index in [0.29, 0.717) is 60.0 Å². The highest BCUT2D eigenvalue weighted by Gasteiger charge is 2.34. The maximum absolute atomic E-state index is 16.7. The zero-order chi connectivity index (χ0) is 35.0. The number of rotatable bonds is 10. The van der Waals surface area contributed by atoms with Crippen LogP contribution in [0.3, 0.4) is 0 Å². The number of aromatic nitrogens is 5. The largest absolute Gasteiger partial charge is 0.460 e. The minimum Gasteiger partial charge on any atom is -0.460 e. The predicted molar refractivity (Wildman–Crippen MR) is 186 cm³/mol. The van der Waals surface area contributed by atoms with Crippen LogP contribution in [0.2, 0.25) is 0 Å². The quantitative estimate of drug-likeness (QED) is 0.114. The van der Waals surface area contributed by atoms with E-state index in [9.17, 15) is 18.0 Å². The molecule has 0 radical (unpaired) electrons. The summed E-state index contributed by atoms with van der Waals surface area (Å²) in [6, 6.07) is 8.42. The van der Waals surface area contributed by atoms with Gasteiger partial charge in [-0.15, -0.1) is 12.4 Å². The molecule has 2 aromatic carbocycles. The molecule has 0 aliphatic carbocycles. The van der Waals surface area contributed by atoms with Crippen molar-refractivity contribution in [3.63, 3.8) is 0 Å². The maximum Gasteiger partial charge on any atom is 0.419 e. The number of anilines is 1. The number of fused-ring (bicyclic) bond motifs is 2. The molecule has 0 bridgehead atoms. The van der Waals surface area contributed by atoms with Crippen LogP contribution in [0.15, 0.2) is 48.9 Å². The minimum absolute atomic E-state index is 0. The summed E-state index contributed by atoms with van der Waals surface area (Å²) >= 11 is 0. The average molecular weight is 714 g/mol. The number of halogens is 5. The molecule has 50 heavy (non-hydrogen) atoms. The van der Waals surface area contributed by atoms with Crippen LogP contribution in [0.1, 0.15) is 67.6 Å². The Balaban J connectivity index is 0.00000486. The summed E-state index contributed by atoms with van der Waals surface area (Å²) < 4.78 is 63.9. The minimum atomic E-state index is -4.56. The molecule has 0 saturated heterocycles. The number of hydrogen-bond donors (Lipinski definition) is 2. The first-order valence-corrected chi connectivity index (χ1v) is 16.5. The SMILES string of the molecule is CCc1cccc(CC)c1-n1nc2c(c1-c1c(F)cc(COC(=O)C(N)C(C)CC)c3[nH]ccc13)CN(c1ncc(C(F)(F)F)cn1)CC2.Cl. The Labute approximate surface area is 293 Å². The highest BCUT2D eigenvalue weighted by molar-refractivity contribution is 5.98. The van der Waals surface area contributed by atoms with Gasteiger partial charge in [0, 0.05) is 60.2 Å². The van der Waals surface area contributed by atoms with Crippen LogP contribution in [-0.2, 0) is 48.1 Å². The number of nitrogens with two attached hydrogens (primary N) is 1. The van der Waals surface area contributed by atoms with E-state index in [1.807, 2.05) is 36.7 Å². The van der Waals surface area contributed by atoms with Crippen LogP contribution in [-0.4, -0.2) is 43.3 Å². The molecule has 6 rings (SSSR count). The van der Waals surface area contributed by atoms with Gasteiger partial charge in [0.1, 0.15) is 18.5 Å². The van der Waals surface area contributed by atoms with Gasteiger partial charge in [-0.25, -0.2) is 19.0 Å². The molecular formula is C36H40ClF4N7O2. The normalized spacial score (nSPS) is 14.3. The zero-order valence-electron chi connectivity index (χ0n) is 28.3. The lowest BCUT2D eigenvalue weighted by molar-refractivity contribution is -0.147. The summed E-state index contributed by atoms with van der Waals surface area (Å²) in [4.78, 5) is 25.7. The molecule has 0 saturated carbocycles. The van der Waals surface area contributed by atoms with Crippen LogP contribution in [0.4, 0.5) is 23.5 Å². The van der Waals surface area contributed by atoms with Crippen molar-refractivity contribution in [1.29, 1.82) is 0 Å². The molecule has 0 spiro atoms. The van der Waals surface area contributed by atoms with Gasteiger partial charge in [-0.1, -0.05) is 52.3 Å². The molecule has 1 aliphatic rings. The number of aromatic amines is 1. The third-order valence-corrected chi connectivity index (χ3v) is 9.47. The Bertz CT molecular complexity index is 1970. The number of benzene rings is 2. The number of nitrogens with one attached hydrogen (secondary N) is 1. The number of esters is 1. The number of alkyl halides is 3. The molecule has 2 atom stereocenters. The lowest BCUT2D eigenvalue weighted by Gasteiger charge is -2.27. The van der Waals surface area contributed by atoms with Gasteiger partial charge in [0.15, 0.2) is 0 Å². The van der Waals surface area contributed by atoms with Crippen LogP contribution >= 0.6 is 12.4 Å². The third-order valence-electron chi connectivity index (χ3n) is 9.47. The summed E-state index contributed by atoms with van der Waals surface area (Å²) in [5.41, 5.74) is 11.5. The fourth-order valence-electron chi connectivity index (χ4n) is 6.44. The summed E-state index contributed by atoms with van der Waals surface area (Å²) in [6.07, 6.45) is 1.27. The van der Waals surface area contributed by atoms with Crippen molar-refractivity contribution >= 4 is 35.2 Å². The van der Waals surface area contributed by atoms with Crippen molar-refractivity contribution in [1.82, 2.24) is 24.7 Å². The van der Waals surface area contributed by atoms with E-state index in [1.165, 1.54) is 6.07 Å². The van der Waals surface area contributed by atoms with Crippen LogP contribution in [0.25, 0.3) is 27.8 Å². The fraction of sp³-hybridized carbons (Fsp3) is 0.389. The first-order chi connectivity index (χ1) is 23.5. The Morgan fingerprint density at radius 1 is 1.08 bits per heavy atom. The number of para-hydroxylation sites is 1. The number of carbonyl (C=O) groups excluding carboxylic acids is 1. The summed E-state index contributed by atoms with van der Waals surface area (Å²) in [7, 11) is 0.